The van der Waals surface area contributed by atoms with Crippen LogP contribution in [0.3, 0.4) is 0 Å². The van der Waals surface area contributed by atoms with Crippen LogP contribution >= 0.6 is 0 Å². The maximum atomic E-state index is 11.5. The summed E-state index contributed by atoms with van der Waals surface area (Å²) in [5, 5.41) is 0. The average molecular weight is 225 g/mol. The molecule has 0 aromatic carbocycles. The molecule has 5 nitrogen and oxygen atoms in total. The zero-order valence-corrected chi connectivity index (χ0v) is 10.0. The largest absolute Gasteiger partial charge is 0.466 e. The highest BCUT2D eigenvalue weighted by Crippen LogP contribution is 2.22. The molecule has 16 heavy (non-hydrogen) atoms. The van der Waals surface area contributed by atoms with Gasteiger partial charge in [0.05, 0.1) is 19.4 Å². The molecule has 2 unspecified atom stereocenters. The summed E-state index contributed by atoms with van der Waals surface area (Å²) in [5.41, 5.74) is 6.85. The number of esters is 1. The van der Waals surface area contributed by atoms with Gasteiger partial charge < -0.3 is 15.0 Å². The monoisotopic (exact) mass is 225 g/mol. The van der Waals surface area contributed by atoms with Gasteiger partial charge >= 0.3 is 5.97 Å². The summed E-state index contributed by atoms with van der Waals surface area (Å²) in [4.78, 5) is 15.5. The summed E-state index contributed by atoms with van der Waals surface area (Å²) in [6.45, 7) is 4.08. The molecular weight excluding hydrogens is 206 g/mol. The van der Waals surface area contributed by atoms with Crippen LogP contribution in [0, 0.1) is 0 Å². The van der Waals surface area contributed by atoms with Crippen LogP contribution in [0.1, 0.15) is 31.9 Å². The van der Waals surface area contributed by atoms with Crippen molar-refractivity contribution in [2.45, 2.75) is 32.2 Å². The lowest BCUT2D eigenvalue weighted by Crippen LogP contribution is -2.28. The Kier molecular flexibility index (Phi) is 4.49. The standard InChI is InChI=1S/C11H19N3O2/c1-4-16-11(15)5-9(8(2)12)10-6-13-7-14(10)3/h6-9H,4-5,12H2,1-3H3. The molecule has 0 aliphatic heterocycles. The molecule has 5 heteroatoms. The van der Waals surface area contributed by atoms with E-state index >= 15 is 0 Å². The predicted octanol–water partition coefficient (Wildman–Crippen LogP) is 0.804. The van der Waals surface area contributed by atoms with Crippen LogP contribution in [0.4, 0.5) is 0 Å². The van der Waals surface area contributed by atoms with Crippen molar-refractivity contribution in [2.75, 3.05) is 6.61 Å². The normalized spacial score (nSPS) is 14.5. The SMILES string of the molecule is CCOC(=O)CC(c1cncn1C)C(C)N. The third-order valence-electron chi connectivity index (χ3n) is 2.56. The Hall–Kier alpha value is -1.36. The zero-order chi connectivity index (χ0) is 12.1. The van der Waals surface area contributed by atoms with E-state index in [1.807, 2.05) is 18.5 Å². The molecule has 1 rings (SSSR count). The Morgan fingerprint density at radius 3 is 2.81 bits per heavy atom. The van der Waals surface area contributed by atoms with Crippen molar-refractivity contribution < 1.29 is 9.53 Å². The number of nitrogens with zero attached hydrogens (tertiary/aromatic N) is 2. The van der Waals surface area contributed by atoms with Crippen molar-refractivity contribution in [3.63, 3.8) is 0 Å². The van der Waals surface area contributed by atoms with Crippen molar-refractivity contribution in [1.82, 2.24) is 9.55 Å². The molecule has 2 atom stereocenters. The molecule has 2 N–H and O–H groups in total. The molecule has 1 aromatic rings. The van der Waals surface area contributed by atoms with Crippen LogP contribution in [0.2, 0.25) is 0 Å². The van der Waals surface area contributed by atoms with Crippen molar-refractivity contribution in [2.24, 2.45) is 12.8 Å². The van der Waals surface area contributed by atoms with Gasteiger partial charge in [0.2, 0.25) is 0 Å². The molecular formula is C11H19N3O2. The van der Waals surface area contributed by atoms with E-state index in [2.05, 4.69) is 4.98 Å². The van der Waals surface area contributed by atoms with Crippen molar-refractivity contribution >= 4 is 5.97 Å². The molecule has 1 heterocycles. The van der Waals surface area contributed by atoms with Crippen LogP contribution in [0.15, 0.2) is 12.5 Å². The number of nitrogens with two attached hydrogens (primary N) is 1. The van der Waals surface area contributed by atoms with Crippen molar-refractivity contribution in [3.8, 4) is 0 Å². The third kappa shape index (κ3) is 3.06. The van der Waals surface area contributed by atoms with Crippen LogP contribution < -0.4 is 5.73 Å². The second-order valence-corrected chi connectivity index (χ2v) is 3.90. The maximum absolute atomic E-state index is 11.5. The highest BCUT2D eigenvalue weighted by molar-refractivity contribution is 5.70. The smallest absolute Gasteiger partial charge is 0.306 e. The number of aromatic nitrogens is 2. The van der Waals surface area contributed by atoms with Crippen LogP contribution in [-0.4, -0.2) is 28.2 Å². The van der Waals surface area contributed by atoms with Gasteiger partial charge in [0.1, 0.15) is 0 Å². The van der Waals surface area contributed by atoms with E-state index in [1.54, 1.807) is 19.4 Å². The number of rotatable bonds is 5. The second-order valence-electron chi connectivity index (χ2n) is 3.90. The number of hydrogen-bond donors (Lipinski definition) is 1. The summed E-state index contributed by atoms with van der Waals surface area (Å²) in [7, 11) is 1.89. The van der Waals surface area contributed by atoms with E-state index in [9.17, 15) is 4.79 Å². The average Bonchev–Trinajstić information content (AvgIpc) is 2.61. The Bertz CT molecular complexity index is 347. The number of hydrogen-bond acceptors (Lipinski definition) is 4. The first-order valence-electron chi connectivity index (χ1n) is 5.43. The van der Waals surface area contributed by atoms with E-state index in [1.165, 1.54) is 0 Å². The highest BCUT2D eigenvalue weighted by atomic mass is 16.5. The lowest BCUT2D eigenvalue weighted by Gasteiger charge is -2.20. The first-order chi connectivity index (χ1) is 7.56. The quantitative estimate of drug-likeness (QED) is 0.753. The Morgan fingerprint density at radius 1 is 1.69 bits per heavy atom. The third-order valence-corrected chi connectivity index (χ3v) is 2.56. The Morgan fingerprint density at radius 2 is 2.38 bits per heavy atom. The fourth-order valence-corrected chi connectivity index (χ4v) is 1.68. The summed E-state index contributed by atoms with van der Waals surface area (Å²) >= 11 is 0. The molecule has 0 fully saturated rings. The first-order valence-corrected chi connectivity index (χ1v) is 5.43. The number of ether oxygens (including phenoxy) is 1. The first kappa shape index (κ1) is 12.7. The van der Waals surface area contributed by atoms with Gasteiger partial charge in [-0.2, -0.15) is 0 Å². The lowest BCUT2D eigenvalue weighted by atomic mass is 9.95. The molecule has 0 aliphatic rings. The minimum absolute atomic E-state index is 0.0495. The number of aryl methyl sites for hydroxylation is 1. The van der Waals surface area contributed by atoms with Gasteiger partial charge in [-0.05, 0) is 13.8 Å². The molecule has 0 aliphatic carbocycles. The number of carbonyl (C=O) groups is 1. The minimum atomic E-state index is -0.217. The summed E-state index contributed by atoms with van der Waals surface area (Å²) in [6, 6.07) is -0.111. The van der Waals surface area contributed by atoms with Gasteiger partial charge in [0, 0.05) is 30.9 Å². The van der Waals surface area contributed by atoms with E-state index in [0.29, 0.717) is 13.0 Å². The molecule has 0 saturated carbocycles. The molecule has 0 amide bonds. The van der Waals surface area contributed by atoms with E-state index in [4.69, 9.17) is 10.5 Å². The van der Waals surface area contributed by atoms with Crippen LogP contribution in [0.25, 0.3) is 0 Å². The molecule has 1 aromatic heterocycles. The summed E-state index contributed by atoms with van der Waals surface area (Å²) < 4.78 is 6.82. The Balaban J connectivity index is 2.77. The van der Waals surface area contributed by atoms with Gasteiger partial charge in [0.25, 0.3) is 0 Å². The van der Waals surface area contributed by atoms with Crippen LogP contribution in [-0.2, 0) is 16.6 Å². The van der Waals surface area contributed by atoms with Gasteiger partial charge in [-0.15, -0.1) is 0 Å². The van der Waals surface area contributed by atoms with Crippen molar-refractivity contribution in [1.29, 1.82) is 0 Å². The fourth-order valence-electron chi connectivity index (χ4n) is 1.68. The Labute approximate surface area is 95.6 Å². The predicted molar refractivity (Wildman–Crippen MR) is 60.8 cm³/mol. The fraction of sp³-hybridized carbons (Fsp3) is 0.636. The summed E-state index contributed by atoms with van der Waals surface area (Å²) in [5.74, 6) is -0.266. The van der Waals surface area contributed by atoms with Gasteiger partial charge in [0.15, 0.2) is 0 Å². The van der Waals surface area contributed by atoms with Gasteiger partial charge in [-0.3, -0.25) is 4.79 Å². The lowest BCUT2D eigenvalue weighted by molar-refractivity contribution is -0.143. The number of carbonyl (C=O) groups excluding carboxylic acids is 1. The molecule has 0 spiro atoms. The minimum Gasteiger partial charge on any atom is -0.466 e. The molecule has 0 radical (unpaired) electrons. The maximum Gasteiger partial charge on any atom is 0.306 e. The van der Waals surface area contributed by atoms with Gasteiger partial charge in [-0.1, -0.05) is 0 Å². The zero-order valence-electron chi connectivity index (χ0n) is 10.0. The highest BCUT2D eigenvalue weighted by Gasteiger charge is 2.23. The molecule has 90 valence electrons. The van der Waals surface area contributed by atoms with E-state index < -0.39 is 0 Å². The second kappa shape index (κ2) is 5.65. The molecule has 0 bridgehead atoms. The van der Waals surface area contributed by atoms with E-state index in [0.717, 1.165) is 5.69 Å². The number of imidazole rings is 1. The van der Waals surface area contributed by atoms with E-state index in [-0.39, 0.29) is 17.9 Å². The topological polar surface area (TPSA) is 70.1 Å². The van der Waals surface area contributed by atoms with Crippen LogP contribution in [0.5, 0.6) is 0 Å². The molecule has 0 saturated heterocycles. The van der Waals surface area contributed by atoms with Crippen molar-refractivity contribution in [3.05, 3.63) is 18.2 Å². The van der Waals surface area contributed by atoms with Gasteiger partial charge in [-0.25, -0.2) is 4.98 Å². The summed E-state index contributed by atoms with van der Waals surface area (Å²) in [6.07, 6.45) is 3.74.